The van der Waals surface area contributed by atoms with Gasteiger partial charge >= 0.3 is 5.82 Å². The lowest BCUT2D eigenvalue weighted by Gasteiger charge is -2.04. The molecule has 1 N–H and O–H groups in total. The highest BCUT2D eigenvalue weighted by molar-refractivity contribution is 5.95. The van der Waals surface area contributed by atoms with Crippen LogP contribution in [0.15, 0.2) is 36.7 Å². The molecule has 0 radical (unpaired) electrons. The molecule has 2 aromatic heterocycles. The summed E-state index contributed by atoms with van der Waals surface area (Å²) in [4.78, 5) is 27.9. The fourth-order valence-electron chi connectivity index (χ4n) is 1.36. The van der Waals surface area contributed by atoms with E-state index in [4.69, 9.17) is 4.74 Å². The first kappa shape index (κ1) is 11.8. The topological polar surface area (TPSA) is 98.1 Å². The number of H-pyrrole nitrogens is 1. The molecule has 0 atom stereocenters. The Morgan fingerprint density at radius 1 is 1.44 bits per heavy atom. The Hall–Kier alpha value is -2.70. The van der Waals surface area contributed by atoms with Crippen LogP contribution in [0.25, 0.3) is 0 Å². The molecule has 18 heavy (non-hydrogen) atoms. The number of Topliss-reactive ketones (excluding diaryl/α,β-unsaturated/α-hetero) is 1. The van der Waals surface area contributed by atoms with Crippen molar-refractivity contribution in [3.63, 3.8) is 0 Å². The Labute approximate surface area is 102 Å². The smallest absolute Gasteiger partial charge is 0.406 e. The average Bonchev–Trinajstić information content (AvgIpc) is 2.90. The second-order valence-corrected chi connectivity index (χ2v) is 3.38. The normalized spacial score (nSPS) is 10.0. The van der Waals surface area contributed by atoms with Crippen LogP contribution in [0.1, 0.15) is 10.5 Å². The minimum atomic E-state index is -0.658. The van der Waals surface area contributed by atoms with Crippen molar-refractivity contribution in [2.45, 2.75) is 0 Å². The van der Waals surface area contributed by atoms with Crippen LogP contribution in [-0.4, -0.2) is 27.3 Å². The van der Waals surface area contributed by atoms with Crippen LogP contribution in [-0.2, 0) is 0 Å². The Kier molecular flexibility index (Phi) is 3.33. The van der Waals surface area contributed by atoms with Crippen molar-refractivity contribution in [1.29, 1.82) is 0 Å². The maximum Gasteiger partial charge on any atom is 0.406 e. The predicted octanol–water partition coefficient (Wildman–Crippen LogP) is 1.58. The first-order valence-corrected chi connectivity index (χ1v) is 5.07. The summed E-state index contributed by atoms with van der Waals surface area (Å²) in [6.45, 7) is -0.285. The minimum absolute atomic E-state index is 0.0255. The number of pyridine rings is 1. The number of hydrogen-bond acceptors (Lipinski definition) is 5. The van der Waals surface area contributed by atoms with Gasteiger partial charge in [-0.1, -0.05) is 0 Å². The molecule has 0 spiro atoms. The van der Waals surface area contributed by atoms with E-state index >= 15 is 0 Å². The molecule has 0 aromatic carbocycles. The van der Waals surface area contributed by atoms with E-state index in [2.05, 4.69) is 9.97 Å². The maximum absolute atomic E-state index is 11.6. The second kappa shape index (κ2) is 5.09. The number of ketones is 1. The van der Waals surface area contributed by atoms with Crippen molar-refractivity contribution < 1.29 is 14.5 Å². The lowest BCUT2D eigenvalue weighted by atomic mass is 10.3. The minimum Gasteiger partial charge on any atom is -0.477 e. The van der Waals surface area contributed by atoms with E-state index in [0.29, 0.717) is 5.69 Å². The zero-order valence-electron chi connectivity index (χ0n) is 9.20. The van der Waals surface area contributed by atoms with E-state index in [0.717, 1.165) is 0 Å². The summed E-state index contributed by atoms with van der Waals surface area (Å²) >= 11 is 0. The van der Waals surface area contributed by atoms with Gasteiger partial charge in [-0.15, -0.1) is 0 Å². The molecule has 7 heteroatoms. The largest absolute Gasteiger partial charge is 0.477 e. The van der Waals surface area contributed by atoms with Crippen LogP contribution < -0.4 is 4.74 Å². The third-order valence-electron chi connectivity index (χ3n) is 2.18. The molecule has 2 rings (SSSR count). The predicted molar refractivity (Wildman–Crippen MR) is 61.5 cm³/mol. The fraction of sp³-hybridized carbons (Fsp3) is 0.0909. The first-order chi connectivity index (χ1) is 8.68. The lowest BCUT2D eigenvalue weighted by molar-refractivity contribution is -0.390. The highest BCUT2D eigenvalue weighted by atomic mass is 16.6. The molecule has 0 aliphatic rings. The van der Waals surface area contributed by atoms with Crippen LogP contribution in [0.2, 0.25) is 0 Å². The van der Waals surface area contributed by atoms with Crippen molar-refractivity contribution in [1.82, 2.24) is 9.97 Å². The van der Waals surface area contributed by atoms with Gasteiger partial charge in [-0.05, 0) is 34.2 Å². The van der Waals surface area contributed by atoms with E-state index in [1.165, 1.54) is 18.3 Å². The molecule has 0 bridgehead atoms. The molecule has 0 unspecified atom stereocenters. The van der Waals surface area contributed by atoms with E-state index in [9.17, 15) is 14.9 Å². The van der Waals surface area contributed by atoms with Crippen LogP contribution in [0.5, 0.6) is 5.75 Å². The third-order valence-corrected chi connectivity index (χ3v) is 2.18. The summed E-state index contributed by atoms with van der Waals surface area (Å²) in [6.07, 6.45) is 2.90. The molecule has 92 valence electrons. The number of ether oxygens (including phenoxy) is 1. The number of carbonyl (C=O) groups is 1. The number of rotatable bonds is 5. The Morgan fingerprint density at radius 2 is 2.28 bits per heavy atom. The highest BCUT2D eigenvalue weighted by Crippen LogP contribution is 2.22. The molecular formula is C11H9N3O4. The van der Waals surface area contributed by atoms with Gasteiger partial charge in [0.2, 0.25) is 11.5 Å². The molecule has 0 amide bonds. The van der Waals surface area contributed by atoms with Gasteiger partial charge in [0, 0.05) is 6.20 Å². The summed E-state index contributed by atoms with van der Waals surface area (Å²) in [6, 6.07) is 6.18. The number of nitrogens with one attached hydrogen (secondary N) is 1. The van der Waals surface area contributed by atoms with E-state index < -0.39 is 10.7 Å². The average molecular weight is 247 g/mol. The number of aromatic nitrogens is 2. The quantitative estimate of drug-likeness (QED) is 0.491. The van der Waals surface area contributed by atoms with Gasteiger partial charge in [0.15, 0.2) is 6.61 Å². The Bertz CT molecular complexity index is 565. The summed E-state index contributed by atoms with van der Waals surface area (Å²) in [5, 5.41) is 10.7. The zero-order chi connectivity index (χ0) is 13.0. The van der Waals surface area contributed by atoms with Crippen molar-refractivity contribution in [3.05, 3.63) is 52.5 Å². The standard InChI is InChI=1S/C11H9N3O4/c15-9(8-3-1-5-12-8)7-18-10-4-2-6-13-11(10)14(16)17/h1-6,12H,7H2. The molecule has 0 aliphatic heterocycles. The molecule has 0 fully saturated rings. The first-order valence-electron chi connectivity index (χ1n) is 5.07. The molecule has 7 nitrogen and oxygen atoms in total. The van der Waals surface area contributed by atoms with Gasteiger partial charge in [0.1, 0.15) is 6.20 Å². The molecule has 0 aliphatic carbocycles. The fourth-order valence-corrected chi connectivity index (χ4v) is 1.36. The molecular weight excluding hydrogens is 238 g/mol. The second-order valence-electron chi connectivity index (χ2n) is 3.38. The summed E-state index contributed by atoms with van der Waals surface area (Å²) < 4.78 is 5.11. The van der Waals surface area contributed by atoms with Crippen LogP contribution >= 0.6 is 0 Å². The SMILES string of the molecule is O=C(COc1cccnc1[N+](=O)[O-])c1ccc[nH]1. The van der Waals surface area contributed by atoms with E-state index in [1.807, 2.05) is 0 Å². The summed E-state index contributed by atoms with van der Waals surface area (Å²) in [5.74, 6) is -0.725. The van der Waals surface area contributed by atoms with Crippen LogP contribution in [0, 0.1) is 10.1 Å². The number of aromatic amines is 1. The van der Waals surface area contributed by atoms with E-state index in [1.54, 1.807) is 18.3 Å². The van der Waals surface area contributed by atoms with E-state index in [-0.39, 0.29) is 18.1 Å². The number of carbonyl (C=O) groups excluding carboxylic acids is 1. The van der Waals surface area contributed by atoms with Gasteiger partial charge in [-0.2, -0.15) is 0 Å². The van der Waals surface area contributed by atoms with Crippen molar-refractivity contribution in [2.75, 3.05) is 6.61 Å². The monoisotopic (exact) mass is 247 g/mol. The van der Waals surface area contributed by atoms with Crippen LogP contribution in [0.4, 0.5) is 5.82 Å². The molecule has 2 heterocycles. The van der Waals surface area contributed by atoms with Crippen molar-refractivity contribution in [2.24, 2.45) is 0 Å². The number of nitro groups is 1. The Morgan fingerprint density at radius 3 is 2.94 bits per heavy atom. The lowest BCUT2D eigenvalue weighted by Crippen LogP contribution is -2.12. The third kappa shape index (κ3) is 2.51. The summed E-state index contributed by atoms with van der Waals surface area (Å²) in [7, 11) is 0. The van der Waals surface area contributed by atoms with Gasteiger partial charge in [-0.3, -0.25) is 4.79 Å². The van der Waals surface area contributed by atoms with Gasteiger partial charge in [0.05, 0.1) is 5.69 Å². The Balaban J connectivity index is 2.07. The van der Waals surface area contributed by atoms with Gasteiger partial charge < -0.3 is 19.8 Å². The highest BCUT2D eigenvalue weighted by Gasteiger charge is 2.17. The van der Waals surface area contributed by atoms with Crippen molar-refractivity contribution >= 4 is 11.6 Å². The number of hydrogen-bond donors (Lipinski definition) is 1. The number of nitrogens with zero attached hydrogens (tertiary/aromatic N) is 2. The van der Waals surface area contributed by atoms with Crippen LogP contribution in [0.3, 0.4) is 0 Å². The van der Waals surface area contributed by atoms with Crippen molar-refractivity contribution in [3.8, 4) is 5.75 Å². The molecule has 0 saturated carbocycles. The summed E-state index contributed by atoms with van der Waals surface area (Å²) in [5.41, 5.74) is 0.390. The zero-order valence-corrected chi connectivity index (χ0v) is 9.20. The van der Waals surface area contributed by atoms with Gasteiger partial charge in [-0.25, -0.2) is 0 Å². The molecule has 0 saturated heterocycles. The maximum atomic E-state index is 11.6. The molecule has 2 aromatic rings. The van der Waals surface area contributed by atoms with Gasteiger partial charge in [0.25, 0.3) is 0 Å².